The van der Waals surface area contributed by atoms with Crippen molar-refractivity contribution < 1.29 is 9.90 Å². The molecule has 1 heterocycles. The van der Waals surface area contributed by atoms with Crippen LogP contribution in [-0.4, -0.2) is 41.3 Å². The van der Waals surface area contributed by atoms with E-state index in [0.29, 0.717) is 18.7 Å². The standard InChI is InChI=1S/C14H16BrN3O2/c1-9-8-18(14(19)20)10(2)7-17(9)12-4-3-11(6-16)13(15)5-12/h3-5,9-10H,7-8H2,1-2H3,(H,19,20)/t9-,10+/m0/s1. The highest BCUT2D eigenvalue weighted by molar-refractivity contribution is 9.10. The Kier molecular flexibility index (Phi) is 4.19. The predicted molar refractivity (Wildman–Crippen MR) is 79.9 cm³/mol. The maximum Gasteiger partial charge on any atom is 0.407 e. The highest BCUT2D eigenvalue weighted by Crippen LogP contribution is 2.28. The van der Waals surface area contributed by atoms with Crippen molar-refractivity contribution in [1.29, 1.82) is 5.26 Å². The maximum absolute atomic E-state index is 11.2. The highest BCUT2D eigenvalue weighted by atomic mass is 79.9. The summed E-state index contributed by atoms with van der Waals surface area (Å²) >= 11 is 3.39. The Morgan fingerprint density at radius 2 is 2.10 bits per heavy atom. The molecule has 1 amide bonds. The van der Waals surface area contributed by atoms with Gasteiger partial charge in [0.1, 0.15) is 6.07 Å². The summed E-state index contributed by atoms with van der Waals surface area (Å²) in [6.07, 6.45) is -0.870. The van der Waals surface area contributed by atoms with E-state index in [0.717, 1.165) is 10.2 Å². The topological polar surface area (TPSA) is 67.6 Å². The predicted octanol–water partition coefficient (Wildman–Crippen LogP) is 2.90. The summed E-state index contributed by atoms with van der Waals surface area (Å²) in [5, 5.41) is 18.1. The minimum atomic E-state index is -0.870. The second-order valence-electron chi connectivity index (χ2n) is 5.06. The molecule has 106 valence electrons. The molecule has 0 saturated carbocycles. The zero-order chi connectivity index (χ0) is 14.9. The van der Waals surface area contributed by atoms with Gasteiger partial charge in [-0.05, 0) is 48.0 Å². The van der Waals surface area contributed by atoms with Crippen molar-refractivity contribution in [2.24, 2.45) is 0 Å². The number of carbonyl (C=O) groups is 1. The number of benzene rings is 1. The van der Waals surface area contributed by atoms with E-state index in [-0.39, 0.29) is 12.1 Å². The number of halogens is 1. The van der Waals surface area contributed by atoms with Crippen molar-refractivity contribution in [2.45, 2.75) is 25.9 Å². The SMILES string of the molecule is C[C@@H]1CN(c2ccc(C#N)c(Br)c2)[C@@H](C)CN1C(=O)O. The number of piperazine rings is 1. The van der Waals surface area contributed by atoms with Crippen molar-refractivity contribution in [3.05, 3.63) is 28.2 Å². The van der Waals surface area contributed by atoms with Crippen LogP contribution in [0.5, 0.6) is 0 Å². The van der Waals surface area contributed by atoms with Gasteiger partial charge < -0.3 is 14.9 Å². The summed E-state index contributed by atoms with van der Waals surface area (Å²) in [5.41, 5.74) is 1.60. The number of hydrogen-bond acceptors (Lipinski definition) is 3. The van der Waals surface area contributed by atoms with Gasteiger partial charge in [-0.1, -0.05) is 0 Å². The number of nitrogens with zero attached hydrogens (tertiary/aromatic N) is 3. The third-order valence-electron chi connectivity index (χ3n) is 3.64. The van der Waals surface area contributed by atoms with E-state index in [1.807, 2.05) is 26.0 Å². The zero-order valence-electron chi connectivity index (χ0n) is 11.4. The Morgan fingerprint density at radius 1 is 1.40 bits per heavy atom. The Balaban J connectivity index is 2.24. The van der Waals surface area contributed by atoms with Gasteiger partial charge in [0, 0.05) is 35.3 Å². The molecular weight excluding hydrogens is 322 g/mol. The van der Waals surface area contributed by atoms with Crippen LogP contribution in [0.15, 0.2) is 22.7 Å². The van der Waals surface area contributed by atoms with Gasteiger partial charge in [0.25, 0.3) is 0 Å². The lowest BCUT2D eigenvalue weighted by Crippen LogP contribution is -2.58. The van der Waals surface area contributed by atoms with Gasteiger partial charge in [-0.25, -0.2) is 4.79 Å². The molecule has 5 nitrogen and oxygen atoms in total. The van der Waals surface area contributed by atoms with Gasteiger partial charge in [-0.15, -0.1) is 0 Å². The van der Waals surface area contributed by atoms with E-state index < -0.39 is 6.09 Å². The van der Waals surface area contributed by atoms with Gasteiger partial charge in [-0.3, -0.25) is 0 Å². The summed E-state index contributed by atoms with van der Waals surface area (Å²) in [6.45, 7) is 5.04. The number of nitriles is 1. The lowest BCUT2D eigenvalue weighted by Gasteiger charge is -2.44. The third-order valence-corrected chi connectivity index (χ3v) is 4.29. The molecule has 1 aromatic rings. The Bertz CT molecular complexity index is 570. The molecule has 0 spiro atoms. The average molecular weight is 338 g/mol. The molecule has 0 radical (unpaired) electrons. The molecular formula is C14H16BrN3O2. The van der Waals surface area contributed by atoms with Crippen LogP contribution in [0.4, 0.5) is 10.5 Å². The van der Waals surface area contributed by atoms with Crippen LogP contribution in [0.3, 0.4) is 0 Å². The maximum atomic E-state index is 11.2. The minimum absolute atomic E-state index is 0.0573. The molecule has 0 aliphatic carbocycles. The van der Waals surface area contributed by atoms with Crippen LogP contribution >= 0.6 is 15.9 Å². The molecule has 1 aromatic carbocycles. The van der Waals surface area contributed by atoms with E-state index >= 15 is 0 Å². The van der Waals surface area contributed by atoms with Crippen molar-refractivity contribution in [1.82, 2.24) is 4.90 Å². The lowest BCUT2D eigenvalue weighted by atomic mass is 10.1. The molecule has 6 heteroatoms. The second kappa shape index (κ2) is 5.71. The first-order chi connectivity index (χ1) is 9.43. The van der Waals surface area contributed by atoms with Gasteiger partial charge in [0.2, 0.25) is 0 Å². The van der Waals surface area contributed by atoms with Gasteiger partial charge >= 0.3 is 6.09 Å². The van der Waals surface area contributed by atoms with E-state index in [2.05, 4.69) is 26.9 Å². The number of amides is 1. The molecule has 1 saturated heterocycles. The van der Waals surface area contributed by atoms with Crippen LogP contribution < -0.4 is 4.90 Å². The molecule has 1 aliphatic heterocycles. The monoisotopic (exact) mass is 337 g/mol. The van der Waals surface area contributed by atoms with Crippen molar-refractivity contribution >= 4 is 27.7 Å². The zero-order valence-corrected chi connectivity index (χ0v) is 13.0. The van der Waals surface area contributed by atoms with Crippen LogP contribution in [-0.2, 0) is 0 Å². The normalized spacial score (nSPS) is 22.5. The quantitative estimate of drug-likeness (QED) is 0.855. The van der Waals surface area contributed by atoms with Crippen LogP contribution in [0.1, 0.15) is 19.4 Å². The first-order valence-electron chi connectivity index (χ1n) is 6.40. The summed E-state index contributed by atoms with van der Waals surface area (Å²) in [5.74, 6) is 0. The summed E-state index contributed by atoms with van der Waals surface area (Å²) in [4.78, 5) is 14.8. The number of anilines is 1. The fourth-order valence-corrected chi connectivity index (χ4v) is 2.98. The number of carboxylic acid groups (broad SMARTS) is 1. The Hall–Kier alpha value is -1.74. The Labute approximate surface area is 126 Å². The minimum Gasteiger partial charge on any atom is -0.465 e. The Morgan fingerprint density at radius 3 is 2.65 bits per heavy atom. The molecule has 0 bridgehead atoms. The summed E-state index contributed by atoms with van der Waals surface area (Å²) in [6, 6.07) is 7.76. The highest BCUT2D eigenvalue weighted by Gasteiger charge is 2.32. The van der Waals surface area contributed by atoms with Crippen molar-refractivity contribution in [2.75, 3.05) is 18.0 Å². The average Bonchev–Trinajstić information content (AvgIpc) is 2.40. The lowest BCUT2D eigenvalue weighted by molar-refractivity contribution is 0.114. The van der Waals surface area contributed by atoms with Gasteiger partial charge in [0.05, 0.1) is 5.56 Å². The first-order valence-corrected chi connectivity index (χ1v) is 7.19. The van der Waals surface area contributed by atoms with E-state index in [9.17, 15) is 4.79 Å². The fourth-order valence-electron chi connectivity index (χ4n) is 2.53. The molecule has 0 unspecified atom stereocenters. The van der Waals surface area contributed by atoms with Gasteiger partial charge in [-0.2, -0.15) is 5.26 Å². The molecule has 1 N–H and O–H groups in total. The van der Waals surface area contributed by atoms with E-state index in [4.69, 9.17) is 10.4 Å². The summed E-state index contributed by atoms with van der Waals surface area (Å²) < 4.78 is 0.762. The molecule has 20 heavy (non-hydrogen) atoms. The number of rotatable bonds is 1. The molecule has 2 atom stereocenters. The third kappa shape index (κ3) is 2.73. The van der Waals surface area contributed by atoms with Crippen LogP contribution in [0.2, 0.25) is 0 Å². The molecule has 2 rings (SSSR count). The number of hydrogen-bond donors (Lipinski definition) is 1. The molecule has 1 aliphatic rings. The van der Waals surface area contributed by atoms with Crippen molar-refractivity contribution in [3.63, 3.8) is 0 Å². The van der Waals surface area contributed by atoms with Crippen LogP contribution in [0, 0.1) is 11.3 Å². The van der Waals surface area contributed by atoms with Crippen LogP contribution in [0.25, 0.3) is 0 Å². The van der Waals surface area contributed by atoms with E-state index in [1.165, 1.54) is 4.90 Å². The first kappa shape index (κ1) is 14.7. The molecule has 1 fully saturated rings. The fraction of sp³-hybridized carbons (Fsp3) is 0.429. The summed E-state index contributed by atoms with van der Waals surface area (Å²) in [7, 11) is 0. The van der Waals surface area contributed by atoms with E-state index in [1.54, 1.807) is 6.07 Å². The molecule has 0 aromatic heterocycles. The smallest absolute Gasteiger partial charge is 0.407 e. The van der Waals surface area contributed by atoms with Gasteiger partial charge in [0.15, 0.2) is 0 Å². The second-order valence-corrected chi connectivity index (χ2v) is 5.92. The van der Waals surface area contributed by atoms with Crippen molar-refractivity contribution in [3.8, 4) is 6.07 Å². The largest absolute Gasteiger partial charge is 0.465 e.